The number of fused-ring (bicyclic) bond motifs is 2. The molecule has 28 heavy (non-hydrogen) atoms. The van der Waals surface area contributed by atoms with Gasteiger partial charge in [0.05, 0.1) is 16.1 Å². The number of benzene rings is 2. The minimum Gasteiger partial charge on any atom is -0.484 e. The quantitative estimate of drug-likeness (QED) is 0.622. The van der Waals surface area contributed by atoms with E-state index in [2.05, 4.69) is 32.7 Å². The number of likely N-dealkylation sites (tertiary alicyclic amines) is 1. The van der Waals surface area contributed by atoms with Crippen LogP contribution in [0.4, 0.5) is 0 Å². The van der Waals surface area contributed by atoms with Crippen molar-refractivity contribution in [3.63, 3.8) is 0 Å². The lowest BCUT2D eigenvalue weighted by atomic mass is 10.0. The highest BCUT2D eigenvalue weighted by atomic mass is 35.5. The third-order valence-electron chi connectivity index (χ3n) is 5.65. The number of aromatic amines is 1. The Morgan fingerprint density at radius 3 is 2.79 bits per heavy atom. The van der Waals surface area contributed by atoms with Crippen LogP contribution in [-0.2, 0) is 0 Å². The largest absolute Gasteiger partial charge is 0.484 e. The maximum absolute atomic E-state index is 6.17. The third kappa shape index (κ3) is 3.30. The summed E-state index contributed by atoms with van der Waals surface area (Å²) in [7, 11) is 0. The number of nitrogens with zero attached hydrogens (tertiary/aromatic N) is 2. The summed E-state index contributed by atoms with van der Waals surface area (Å²) in [6.07, 6.45) is 2.18. The molecule has 1 unspecified atom stereocenters. The molecule has 0 amide bonds. The monoisotopic (exact) mass is 415 g/mol. The fourth-order valence-corrected chi connectivity index (χ4v) is 4.86. The lowest BCUT2D eigenvalue weighted by molar-refractivity contribution is 0.0487. The normalized spacial score (nSPS) is 20.5. The van der Waals surface area contributed by atoms with E-state index in [1.54, 1.807) is 0 Å². The number of nitrogens with one attached hydrogen (secondary N) is 1. The minimum absolute atomic E-state index is 0.0257. The van der Waals surface area contributed by atoms with Crippen molar-refractivity contribution in [3.05, 3.63) is 52.3 Å². The van der Waals surface area contributed by atoms with E-state index in [1.165, 1.54) is 5.52 Å². The molecule has 2 aliphatic heterocycles. The van der Waals surface area contributed by atoms with Crippen LogP contribution >= 0.6 is 23.8 Å². The zero-order valence-electron chi connectivity index (χ0n) is 15.4. The second-order valence-corrected chi connectivity index (χ2v) is 8.26. The highest BCUT2D eigenvalue weighted by Gasteiger charge is 2.28. The van der Waals surface area contributed by atoms with E-state index in [0.717, 1.165) is 48.5 Å². The summed E-state index contributed by atoms with van der Waals surface area (Å²) in [5, 5.41) is 0.604. The van der Waals surface area contributed by atoms with Crippen LogP contribution in [0.2, 0.25) is 5.02 Å². The van der Waals surface area contributed by atoms with Gasteiger partial charge < -0.3 is 19.0 Å². The first kappa shape index (κ1) is 18.0. The maximum Gasteiger partial charge on any atom is 0.179 e. The highest BCUT2D eigenvalue weighted by molar-refractivity contribution is 7.71. The van der Waals surface area contributed by atoms with Gasteiger partial charge in [0.1, 0.15) is 12.7 Å². The smallest absolute Gasteiger partial charge is 0.179 e. The lowest BCUT2D eigenvalue weighted by Gasteiger charge is -2.36. The van der Waals surface area contributed by atoms with E-state index in [4.69, 9.17) is 33.3 Å². The Labute approximate surface area is 173 Å². The van der Waals surface area contributed by atoms with Crippen molar-refractivity contribution in [2.45, 2.75) is 25.0 Å². The molecule has 0 saturated carbocycles. The van der Waals surface area contributed by atoms with E-state index < -0.39 is 0 Å². The molecule has 1 saturated heterocycles. The number of H-pyrrole nitrogens is 1. The zero-order chi connectivity index (χ0) is 19.1. The van der Waals surface area contributed by atoms with Gasteiger partial charge in [-0.25, -0.2) is 0 Å². The van der Waals surface area contributed by atoms with Crippen LogP contribution < -0.4 is 9.47 Å². The molecule has 0 bridgehead atoms. The molecule has 0 radical (unpaired) electrons. The minimum atomic E-state index is 0.0257. The van der Waals surface area contributed by atoms with Crippen molar-refractivity contribution in [2.24, 2.45) is 0 Å². The first-order valence-electron chi connectivity index (χ1n) is 9.68. The second kappa shape index (κ2) is 7.43. The molecule has 1 atom stereocenters. The van der Waals surface area contributed by atoms with Crippen molar-refractivity contribution in [1.29, 1.82) is 0 Å². The van der Waals surface area contributed by atoms with Crippen LogP contribution in [0.5, 0.6) is 11.5 Å². The molecule has 0 spiro atoms. The van der Waals surface area contributed by atoms with Crippen molar-refractivity contribution >= 4 is 34.9 Å². The molecule has 1 N–H and O–H groups in total. The highest BCUT2D eigenvalue weighted by Crippen LogP contribution is 2.38. The van der Waals surface area contributed by atoms with Crippen molar-refractivity contribution in [3.8, 4) is 11.5 Å². The van der Waals surface area contributed by atoms with Gasteiger partial charge in [0.25, 0.3) is 0 Å². The van der Waals surface area contributed by atoms with Crippen LogP contribution in [-0.4, -0.2) is 46.8 Å². The number of imidazole rings is 1. The van der Waals surface area contributed by atoms with Crippen LogP contribution in [0.1, 0.15) is 18.9 Å². The summed E-state index contributed by atoms with van der Waals surface area (Å²) in [5.74, 6) is 1.40. The Balaban J connectivity index is 1.23. The van der Waals surface area contributed by atoms with Crippen LogP contribution in [0.15, 0.2) is 42.5 Å². The first-order chi connectivity index (χ1) is 13.7. The Kier molecular flexibility index (Phi) is 4.78. The molecule has 2 aromatic carbocycles. The van der Waals surface area contributed by atoms with Gasteiger partial charge in [0.2, 0.25) is 0 Å². The lowest BCUT2D eigenvalue weighted by Crippen LogP contribution is -2.44. The van der Waals surface area contributed by atoms with Gasteiger partial charge in [0, 0.05) is 25.7 Å². The standard InChI is InChI=1S/C21H22ClN3O2S/c22-16-4-3-7-19-20(16)26-13-15(27-19)12-24-10-8-14(9-11-24)25-18-6-2-1-5-17(18)23-21(25)28/h1-7,14-15H,8-13H2,(H,23,28). The Morgan fingerprint density at radius 1 is 1.11 bits per heavy atom. The molecule has 0 aliphatic carbocycles. The topological polar surface area (TPSA) is 42.4 Å². The van der Waals surface area contributed by atoms with Gasteiger partial charge in [-0.05, 0) is 49.3 Å². The molecule has 7 heteroatoms. The number of hydrogen-bond donors (Lipinski definition) is 1. The van der Waals surface area contributed by atoms with Gasteiger partial charge in [-0.1, -0.05) is 29.8 Å². The Hall–Kier alpha value is -2.02. The molecular weight excluding hydrogens is 394 g/mol. The van der Waals surface area contributed by atoms with Gasteiger partial charge >= 0.3 is 0 Å². The van der Waals surface area contributed by atoms with Gasteiger partial charge in [-0.3, -0.25) is 4.90 Å². The van der Waals surface area contributed by atoms with E-state index in [1.807, 2.05) is 24.3 Å². The average Bonchev–Trinajstić information content (AvgIpc) is 3.04. The van der Waals surface area contributed by atoms with Crippen LogP contribution in [0.3, 0.4) is 0 Å². The van der Waals surface area contributed by atoms with Gasteiger partial charge in [-0.15, -0.1) is 0 Å². The molecule has 3 heterocycles. The van der Waals surface area contributed by atoms with Crippen molar-refractivity contribution in [2.75, 3.05) is 26.2 Å². The SMILES string of the molecule is S=c1[nH]c2ccccc2n1C1CCN(CC2COc3c(Cl)cccc3O2)CC1. The fraction of sp³-hybridized carbons (Fsp3) is 0.381. The summed E-state index contributed by atoms with van der Waals surface area (Å²) in [6, 6.07) is 14.4. The number of halogens is 1. The average molecular weight is 416 g/mol. The third-order valence-corrected chi connectivity index (χ3v) is 6.24. The molecule has 146 valence electrons. The van der Waals surface area contributed by atoms with E-state index in [9.17, 15) is 0 Å². The maximum atomic E-state index is 6.17. The Morgan fingerprint density at radius 2 is 1.93 bits per heavy atom. The number of para-hydroxylation sites is 3. The summed E-state index contributed by atoms with van der Waals surface area (Å²) in [5.41, 5.74) is 2.31. The molecule has 1 aromatic heterocycles. The Bertz CT molecular complexity index is 1060. The fourth-order valence-electron chi connectivity index (χ4n) is 4.29. The number of piperidine rings is 1. The number of ether oxygens (including phenoxy) is 2. The predicted molar refractivity (Wildman–Crippen MR) is 113 cm³/mol. The van der Waals surface area contributed by atoms with Crippen molar-refractivity contribution in [1.82, 2.24) is 14.5 Å². The molecule has 1 fully saturated rings. The molecule has 5 nitrogen and oxygen atoms in total. The zero-order valence-corrected chi connectivity index (χ0v) is 17.0. The number of rotatable bonds is 3. The predicted octanol–water partition coefficient (Wildman–Crippen LogP) is 4.83. The van der Waals surface area contributed by atoms with Gasteiger partial charge in [-0.2, -0.15) is 0 Å². The van der Waals surface area contributed by atoms with E-state index in [0.29, 0.717) is 23.4 Å². The molecule has 3 aromatic rings. The summed E-state index contributed by atoms with van der Waals surface area (Å²) < 4.78 is 15.1. The second-order valence-electron chi connectivity index (χ2n) is 7.47. The van der Waals surface area contributed by atoms with E-state index >= 15 is 0 Å². The van der Waals surface area contributed by atoms with Gasteiger partial charge in [0.15, 0.2) is 16.3 Å². The van der Waals surface area contributed by atoms with E-state index in [-0.39, 0.29) is 6.10 Å². The number of hydrogen-bond acceptors (Lipinski definition) is 4. The van der Waals surface area contributed by atoms with Crippen molar-refractivity contribution < 1.29 is 9.47 Å². The molecular formula is C21H22ClN3O2S. The summed E-state index contributed by atoms with van der Waals surface area (Å²) in [6.45, 7) is 3.44. The van der Waals surface area contributed by atoms with Crippen LogP contribution in [0.25, 0.3) is 11.0 Å². The summed E-state index contributed by atoms with van der Waals surface area (Å²) >= 11 is 11.8. The first-order valence-corrected chi connectivity index (χ1v) is 10.5. The van der Waals surface area contributed by atoms with Crippen LogP contribution in [0, 0.1) is 4.77 Å². The molecule has 5 rings (SSSR count). The summed E-state index contributed by atoms with van der Waals surface area (Å²) in [4.78, 5) is 5.79. The number of aromatic nitrogens is 2. The molecule has 2 aliphatic rings.